The molecular formula is C20H22N4O2. The van der Waals surface area contributed by atoms with E-state index in [1.54, 1.807) is 7.11 Å². The number of amides is 2. The van der Waals surface area contributed by atoms with Crippen LogP contribution in [0.2, 0.25) is 0 Å². The molecule has 0 aliphatic carbocycles. The van der Waals surface area contributed by atoms with Crippen molar-refractivity contribution < 1.29 is 9.53 Å². The molecule has 1 aliphatic rings. The van der Waals surface area contributed by atoms with Gasteiger partial charge in [0.25, 0.3) is 0 Å². The molecule has 2 aromatic carbocycles. The highest BCUT2D eigenvalue weighted by molar-refractivity contribution is 5.93. The Bertz CT molecular complexity index is 896. The van der Waals surface area contributed by atoms with Gasteiger partial charge >= 0.3 is 6.03 Å². The topological polar surface area (TPSA) is 60.6 Å². The van der Waals surface area contributed by atoms with Crippen molar-refractivity contribution in [3.8, 4) is 5.75 Å². The van der Waals surface area contributed by atoms with Crippen molar-refractivity contribution in [2.75, 3.05) is 43.5 Å². The van der Waals surface area contributed by atoms with Gasteiger partial charge in [0.15, 0.2) is 0 Å². The van der Waals surface area contributed by atoms with Crippen molar-refractivity contribution in [2.45, 2.75) is 0 Å². The number of rotatable bonds is 3. The van der Waals surface area contributed by atoms with Crippen LogP contribution in [0.3, 0.4) is 0 Å². The number of hydrogen-bond acceptors (Lipinski definition) is 3. The molecule has 4 rings (SSSR count). The second-order valence-electron chi connectivity index (χ2n) is 6.35. The molecule has 2 heterocycles. The Kier molecular flexibility index (Phi) is 4.39. The molecule has 3 aromatic rings. The van der Waals surface area contributed by atoms with E-state index in [1.807, 2.05) is 35.4 Å². The normalized spacial score (nSPS) is 14.5. The van der Waals surface area contributed by atoms with Gasteiger partial charge in [-0.25, -0.2) is 4.79 Å². The van der Waals surface area contributed by atoms with E-state index in [0.29, 0.717) is 13.1 Å². The lowest BCUT2D eigenvalue weighted by Gasteiger charge is -2.36. The van der Waals surface area contributed by atoms with Gasteiger partial charge < -0.3 is 24.8 Å². The summed E-state index contributed by atoms with van der Waals surface area (Å²) in [6.45, 7) is 3.03. The predicted molar refractivity (Wildman–Crippen MR) is 104 cm³/mol. The largest absolute Gasteiger partial charge is 0.497 e. The number of piperazine rings is 1. The summed E-state index contributed by atoms with van der Waals surface area (Å²) in [5.74, 6) is 0.774. The van der Waals surface area contributed by atoms with Crippen molar-refractivity contribution in [3.05, 3.63) is 54.7 Å². The highest BCUT2D eigenvalue weighted by Gasteiger charge is 2.22. The average Bonchev–Trinajstić information content (AvgIpc) is 3.17. The number of fused-ring (bicyclic) bond motifs is 1. The lowest BCUT2D eigenvalue weighted by Crippen LogP contribution is -2.50. The van der Waals surface area contributed by atoms with Crippen LogP contribution in [0.15, 0.2) is 54.7 Å². The zero-order valence-corrected chi connectivity index (χ0v) is 14.7. The van der Waals surface area contributed by atoms with Crippen LogP contribution in [0.25, 0.3) is 10.9 Å². The number of carbonyl (C=O) groups excluding carboxylic acids is 1. The minimum Gasteiger partial charge on any atom is -0.497 e. The number of urea groups is 1. The van der Waals surface area contributed by atoms with Crippen LogP contribution in [0.5, 0.6) is 5.75 Å². The molecule has 6 nitrogen and oxygen atoms in total. The summed E-state index contributed by atoms with van der Waals surface area (Å²) >= 11 is 0. The lowest BCUT2D eigenvalue weighted by atomic mass is 10.2. The van der Waals surface area contributed by atoms with Crippen LogP contribution in [0.1, 0.15) is 0 Å². The smallest absolute Gasteiger partial charge is 0.321 e. The first-order valence-corrected chi connectivity index (χ1v) is 8.75. The third-order valence-corrected chi connectivity index (χ3v) is 4.82. The summed E-state index contributed by atoms with van der Waals surface area (Å²) in [7, 11) is 1.63. The number of aromatic nitrogens is 1. The molecule has 0 atom stereocenters. The number of anilines is 2. The predicted octanol–water partition coefficient (Wildman–Crippen LogP) is 3.53. The maximum Gasteiger partial charge on any atom is 0.321 e. The van der Waals surface area contributed by atoms with Gasteiger partial charge in [0, 0.05) is 54.7 Å². The fraction of sp³-hybridized carbons (Fsp3) is 0.250. The van der Waals surface area contributed by atoms with E-state index >= 15 is 0 Å². The number of benzene rings is 2. The van der Waals surface area contributed by atoms with E-state index in [2.05, 4.69) is 39.5 Å². The van der Waals surface area contributed by atoms with Gasteiger partial charge in [-0.1, -0.05) is 6.07 Å². The Morgan fingerprint density at radius 1 is 1.04 bits per heavy atom. The van der Waals surface area contributed by atoms with Crippen LogP contribution in [0, 0.1) is 0 Å². The van der Waals surface area contributed by atoms with E-state index in [0.717, 1.165) is 30.0 Å². The first-order valence-electron chi connectivity index (χ1n) is 8.75. The van der Waals surface area contributed by atoms with Gasteiger partial charge in [0.1, 0.15) is 5.75 Å². The highest BCUT2D eigenvalue weighted by atomic mass is 16.5. The Morgan fingerprint density at radius 3 is 2.54 bits per heavy atom. The van der Waals surface area contributed by atoms with Crippen LogP contribution in [-0.4, -0.2) is 49.2 Å². The number of nitrogens with one attached hydrogen (secondary N) is 2. The van der Waals surface area contributed by atoms with Gasteiger partial charge in [-0.2, -0.15) is 0 Å². The fourth-order valence-electron chi connectivity index (χ4n) is 3.37. The monoisotopic (exact) mass is 350 g/mol. The Labute approximate surface area is 152 Å². The summed E-state index contributed by atoms with van der Waals surface area (Å²) in [4.78, 5) is 19.9. The van der Waals surface area contributed by atoms with Crippen LogP contribution < -0.4 is 15.0 Å². The van der Waals surface area contributed by atoms with Gasteiger partial charge in [-0.15, -0.1) is 0 Å². The second-order valence-corrected chi connectivity index (χ2v) is 6.35. The van der Waals surface area contributed by atoms with Crippen molar-refractivity contribution in [1.29, 1.82) is 0 Å². The summed E-state index contributed by atoms with van der Waals surface area (Å²) in [5, 5.41) is 4.18. The van der Waals surface area contributed by atoms with E-state index in [1.165, 1.54) is 11.1 Å². The second kappa shape index (κ2) is 7.00. The number of nitrogens with zero attached hydrogens (tertiary/aromatic N) is 2. The van der Waals surface area contributed by atoms with Gasteiger partial charge in [0.05, 0.1) is 7.11 Å². The highest BCUT2D eigenvalue weighted by Crippen LogP contribution is 2.27. The molecule has 1 saturated heterocycles. The maximum atomic E-state index is 12.5. The molecule has 0 saturated carbocycles. The molecule has 2 amide bonds. The molecule has 0 radical (unpaired) electrons. The van der Waals surface area contributed by atoms with E-state index in [-0.39, 0.29) is 6.03 Å². The number of methoxy groups -OCH3 is 1. The number of aromatic amines is 1. The molecular weight excluding hydrogens is 328 g/mol. The molecule has 1 fully saturated rings. The summed E-state index contributed by atoms with van der Waals surface area (Å²) in [6, 6.07) is 15.7. The molecule has 0 spiro atoms. The Morgan fingerprint density at radius 2 is 1.81 bits per heavy atom. The average molecular weight is 350 g/mol. The van der Waals surface area contributed by atoms with Crippen LogP contribution in [-0.2, 0) is 0 Å². The molecule has 1 aliphatic heterocycles. The molecule has 0 unspecified atom stereocenters. The molecule has 0 bridgehead atoms. The van der Waals surface area contributed by atoms with Crippen molar-refractivity contribution in [2.24, 2.45) is 0 Å². The third kappa shape index (κ3) is 3.18. The standard InChI is InChI=1S/C20H22N4O2/c1-26-16-7-5-15(6-8-16)22-20(25)24-13-11-23(12-14-24)19-4-2-3-18-17(19)9-10-21-18/h2-10,21H,11-14H2,1H3,(H,22,25). The van der Waals surface area contributed by atoms with Crippen LogP contribution >= 0.6 is 0 Å². The summed E-state index contributed by atoms with van der Waals surface area (Å²) < 4.78 is 5.14. The minimum atomic E-state index is -0.0605. The number of ether oxygens (including phenoxy) is 1. The molecule has 134 valence electrons. The first-order chi connectivity index (χ1) is 12.7. The zero-order chi connectivity index (χ0) is 17.9. The Balaban J connectivity index is 1.38. The van der Waals surface area contributed by atoms with Gasteiger partial charge in [-0.3, -0.25) is 0 Å². The van der Waals surface area contributed by atoms with E-state index < -0.39 is 0 Å². The maximum absolute atomic E-state index is 12.5. The molecule has 26 heavy (non-hydrogen) atoms. The van der Waals surface area contributed by atoms with E-state index in [9.17, 15) is 4.79 Å². The van der Waals surface area contributed by atoms with Crippen LogP contribution in [0.4, 0.5) is 16.2 Å². The summed E-state index contributed by atoms with van der Waals surface area (Å²) in [6.07, 6.45) is 1.96. The first kappa shape index (κ1) is 16.3. The lowest BCUT2D eigenvalue weighted by molar-refractivity contribution is 0.208. The summed E-state index contributed by atoms with van der Waals surface area (Å²) in [5.41, 5.74) is 3.14. The van der Waals surface area contributed by atoms with Crippen molar-refractivity contribution >= 4 is 28.3 Å². The molecule has 1 aromatic heterocycles. The quantitative estimate of drug-likeness (QED) is 0.760. The molecule has 2 N–H and O–H groups in total. The zero-order valence-electron chi connectivity index (χ0n) is 14.7. The number of hydrogen-bond donors (Lipinski definition) is 2. The Hall–Kier alpha value is -3.15. The van der Waals surface area contributed by atoms with Gasteiger partial charge in [-0.05, 0) is 42.5 Å². The van der Waals surface area contributed by atoms with Gasteiger partial charge in [0.2, 0.25) is 0 Å². The minimum absolute atomic E-state index is 0.0605. The SMILES string of the molecule is COc1ccc(NC(=O)N2CCN(c3cccc4[nH]ccc34)CC2)cc1. The molecule has 6 heteroatoms. The number of carbonyl (C=O) groups is 1. The van der Waals surface area contributed by atoms with Crippen molar-refractivity contribution in [1.82, 2.24) is 9.88 Å². The van der Waals surface area contributed by atoms with Crippen molar-refractivity contribution in [3.63, 3.8) is 0 Å². The number of H-pyrrole nitrogens is 1. The fourth-order valence-corrected chi connectivity index (χ4v) is 3.37. The van der Waals surface area contributed by atoms with E-state index in [4.69, 9.17) is 4.74 Å². The third-order valence-electron chi connectivity index (χ3n) is 4.82.